The van der Waals surface area contributed by atoms with Crippen LogP contribution in [0.1, 0.15) is 19.3 Å². The molecule has 0 saturated carbocycles. The SMILES string of the molecule is COc1ccc2c(c1)c1nc3ccccc3nc1n2CCN1CCCCC1. The summed E-state index contributed by atoms with van der Waals surface area (Å²) in [6.07, 6.45) is 3.99. The third-order valence-electron chi connectivity index (χ3n) is 5.65. The lowest BCUT2D eigenvalue weighted by Gasteiger charge is -2.26. The summed E-state index contributed by atoms with van der Waals surface area (Å²) in [6.45, 7) is 4.40. The molecule has 5 nitrogen and oxygen atoms in total. The van der Waals surface area contributed by atoms with E-state index in [9.17, 15) is 0 Å². The molecular formula is C22H24N4O. The van der Waals surface area contributed by atoms with E-state index in [0.717, 1.165) is 46.4 Å². The molecule has 27 heavy (non-hydrogen) atoms. The maximum Gasteiger partial charge on any atom is 0.160 e. The van der Waals surface area contributed by atoms with Gasteiger partial charge in [0.25, 0.3) is 0 Å². The molecule has 1 aliphatic rings. The van der Waals surface area contributed by atoms with Gasteiger partial charge in [-0.1, -0.05) is 18.6 Å². The predicted molar refractivity (Wildman–Crippen MR) is 109 cm³/mol. The second kappa shape index (κ2) is 6.82. The molecule has 5 rings (SSSR count). The Morgan fingerprint density at radius 2 is 1.70 bits per heavy atom. The molecule has 2 aromatic carbocycles. The smallest absolute Gasteiger partial charge is 0.160 e. The Kier molecular flexibility index (Phi) is 4.17. The number of fused-ring (bicyclic) bond motifs is 4. The highest BCUT2D eigenvalue weighted by atomic mass is 16.5. The fourth-order valence-corrected chi connectivity index (χ4v) is 4.19. The van der Waals surface area contributed by atoms with E-state index >= 15 is 0 Å². The van der Waals surface area contributed by atoms with Crippen LogP contribution in [0.3, 0.4) is 0 Å². The molecule has 1 saturated heterocycles. The van der Waals surface area contributed by atoms with Crippen LogP contribution in [-0.4, -0.2) is 46.2 Å². The molecule has 1 fully saturated rings. The second-order valence-corrected chi connectivity index (χ2v) is 7.32. The van der Waals surface area contributed by atoms with E-state index in [1.165, 1.54) is 37.9 Å². The number of methoxy groups -OCH3 is 1. The highest BCUT2D eigenvalue weighted by molar-refractivity contribution is 6.06. The van der Waals surface area contributed by atoms with Gasteiger partial charge in [0.15, 0.2) is 5.65 Å². The van der Waals surface area contributed by atoms with Crippen molar-refractivity contribution in [2.45, 2.75) is 25.8 Å². The van der Waals surface area contributed by atoms with Gasteiger partial charge in [-0.25, -0.2) is 9.97 Å². The summed E-state index contributed by atoms with van der Waals surface area (Å²) in [4.78, 5) is 12.5. The normalized spacial score (nSPS) is 15.7. The largest absolute Gasteiger partial charge is 0.497 e. The van der Waals surface area contributed by atoms with Gasteiger partial charge in [0.2, 0.25) is 0 Å². The van der Waals surface area contributed by atoms with Gasteiger partial charge >= 0.3 is 0 Å². The standard InChI is InChI=1S/C22H24N4O/c1-27-16-9-10-20-17(15-16)21-22(24-19-8-4-3-7-18(19)23-21)26(20)14-13-25-11-5-2-6-12-25/h3-4,7-10,15H,2,5-6,11-14H2,1H3. The third kappa shape index (κ3) is 2.92. The highest BCUT2D eigenvalue weighted by Crippen LogP contribution is 2.31. The van der Waals surface area contributed by atoms with Gasteiger partial charge in [-0.15, -0.1) is 0 Å². The average molecular weight is 360 g/mol. The zero-order valence-electron chi connectivity index (χ0n) is 15.7. The lowest BCUT2D eigenvalue weighted by Crippen LogP contribution is -2.32. The van der Waals surface area contributed by atoms with E-state index in [-0.39, 0.29) is 0 Å². The summed E-state index contributed by atoms with van der Waals surface area (Å²) in [5.41, 5.74) is 4.98. The van der Waals surface area contributed by atoms with Gasteiger partial charge in [0.05, 0.1) is 23.7 Å². The van der Waals surface area contributed by atoms with Crippen LogP contribution in [0, 0.1) is 0 Å². The molecule has 0 amide bonds. The first kappa shape index (κ1) is 16.5. The number of piperidine rings is 1. The summed E-state index contributed by atoms with van der Waals surface area (Å²) >= 11 is 0. The quantitative estimate of drug-likeness (QED) is 0.546. The first-order valence-electron chi connectivity index (χ1n) is 9.78. The van der Waals surface area contributed by atoms with Crippen LogP contribution in [-0.2, 0) is 6.54 Å². The Labute approximate surface area is 158 Å². The first-order valence-corrected chi connectivity index (χ1v) is 9.78. The number of para-hydroxylation sites is 2. The maximum absolute atomic E-state index is 5.46. The van der Waals surface area contributed by atoms with Gasteiger partial charge in [0.1, 0.15) is 11.3 Å². The molecule has 4 aromatic rings. The van der Waals surface area contributed by atoms with Crippen molar-refractivity contribution in [3.8, 4) is 5.75 Å². The average Bonchev–Trinajstić information content (AvgIpc) is 3.03. The fourth-order valence-electron chi connectivity index (χ4n) is 4.19. The Hall–Kier alpha value is -2.66. The third-order valence-corrected chi connectivity index (χ3v) is 5.65. The number of hydrogen-bond donors (Lipinski definition) is 0. The van der Waals surface area contributed by atoms with Crippen molar-refractivity contribution in [3.05, 3.63) is 42.5 Å². The van der Waals surface area contributed by atoms with Crippen LogP contribution < -0.4 is 4.74 Å². The molecule has 0 aliphatic carbocycles. The van der Waals surface area contributed by atoms with Gasteiger partial charge in [-0.3, -0.25) is 0 Å². The minimum Gasteiger partial charge on any atom is -0.497 e. The van der Waals surface area contributed by atoms with Crippen molar-refractivity contribution in [1.29, 1.82) is 0 Å². The number of nitrogens with zero attached hydrogens (tertiary/aromatic N) is 4. The molecular weight excluding hydrogens is 336 g/mol. The number of aromatic nitrogens is 3. The van der Waals surface area contributed by atoms with E-state index < -0.39 is 0 Å². The summed E-state index contributed by atoms with van der Waals surface area (Å²) < 4.78 is 7.79. The van der Waals surface area contributed by atoms with Crippen LogP contribution >= 0.6 is 0 Å². The highest BCUT2D eigenvalue weighted by Gasteiger charge is 2.17. The summed E-state index contributed by atoms with van der Waals surface area (Å²) in [5, 5.41) is 1.11. The van der Waals surface area contributed by atoms with Crippen LogP contribution in [0.2, 0.25) is 0 Å². The van der Waals surface area contributed by atoms with Crippen LogP contribution in [0.5, 0.6) is 5.75 Å². The van der Waals surface area contributed by atoms with Crippen LogP contribution in [0.15, 0.2) is 42.5 Å². The van der Waals surface area contributed by atoms with E-state index in [4.69, 9.17) is 14.7 Å². The maximum atomic E-state index is 5.46. The first-order chi connectivity index (χ1) is 13.3. The molecule has 2 aromatic heterocycles. The van der Waals surface area contributed by atoms with Crippen molar-refractivity contribution in [3.63, 3.8) is 0 Å². The molecule has 1 aliphatic heterocycles. The zero-order valence-corrected chi connectivity index (χ0v) is 15.7. The van der Waals surface area contributed by atoms with E-state index in [1.54, 1.807) is 7.11 Å². The van der Waals surface area contributed by atoms with Crippen molar-refractivity contribution in [2.24, 2.45) is 0 Å². The Morgan fingerprint density at radius 1 is 0.926 bits per heavy atom. The number of ether oxygens (including phenoxy) is 1. The summed E-state index contributed by atoms with van der Waals surface area (Å²) in [7, 11) is 1.71. The molecule has 0 atom stereocenters. The van der Waals surface area contributed by atoms with Crippen LogP contribution in [0.25, 0.3) is 33.1 Å². The van der Waals surface area contributed by atoms with Gasteiger partial charge in [0, 0.05) is 18.5 Å². The van der Waals surface area contributed by atoms with Crippen molar-refractivity contribution < 1.29 is 4.74 Å². The molecule has 0 spiro atoms. The molecule has 0 bridgehead atoms. The summed E-state index contributed by atoms with van der Waals surface area (Å²) in [5.74, 6) is 0.854. The molecule has 138 valence electrons. The van der Waals surface area contributed by atoms with Gasteiger partial charge < -0.3 is 14.2 Å². The minimum atomic E-state index is 0.854. The lowest BCUT2D eigenvalue weighted by atomic mass is 10.1. The Bertz CT molecular complexity index is 1110. The van der Waals surface area contributed by atoms with Gasteiger partial charge in [-0.05, 0) is 56.3 Å². The summed E-state index contributed by atoms with van der Waals surface area (Å²) in [6, 6.07) is 14.3. The molecule has 3 heterocycles. The molecule has 0 unspecified atom stereocenters. The molecule has 0 radical (unpaired) electrons. The number of hydrogen-bond acceptors (Lipinski definition) is 4. The number of likely N-dealkylation sites (tertiary alicyclic amines) is 1. The number of rotatable bonds is 4. The lowest BCUT2D eigenvalue weighted by molar-refractivity contribution is 0.222. The van der Waals surface area contributed by atoms with E-state index in [2.05, 4.69) is 21.6 Å². The predicted octanol–water partition coefficient (Wildman–Crippen LogP) is 4.23. The molecule has 0 N–H and O–H groups in total. The Morgan fingerprint density at radius 3 is 2.48 bits per heavy atom. The van der Waals surface area contributed by atoms with E-state index in [0.29, 0.717) is 0 Å². The zero-order chi connectivity index (χ0) is 18.2. The van der Waals surface area contributed by atoms with Gasteiger partial charge in [-0.2, -0.15) is 0 Å². The minimum absolute atomic E-state index is 0.854. The van der Waals surface area contributed by atoms with Crippen molar-refractivity contribution >= 4 is 33.1 Å². The topological polar surface area (TPSA) is 43.2 Å². The van der Waals surface area contributed by atoms with E-state index in [1.807, 2.05) is 30.3 Å². The van der Waals surface area contributed by atoms with Crippen molar-refractivity contribution in [2.75, 3.05) is 26.7 Å². The number of benzene rings is 2. The fraction of sp³-hybridized carbons (Fsp3) is 0.364. The van der Waals surface area contributed by atoms with Crippen molar-refractivity contribution in [1.82, 2.24) is 19.4 Å². The Balaban J connectivity index is 1.66. The van der Waals surface area contributed by atoms with Crippen LogP contribution in [0.4, 0.5) is 0 Å². The monoisotopic (exact) mass is 360 g/mol. The second-order valence-electron chi connectivity index (χ2n) is 7.32. The molecule has 5 heteroatoms.